The Labute approximate surface area is 184 Å². The van der Waals surface area contributed by atoms with Crippen LogP contribution in [-0.2, 0) is 16.6 Å². The van der Waals surface area contributed by atoms with Crippen LogP contribution in [0.5, 0.6) is 0 Å². The first-order chi connectivity index (χ1) is 14.9. The zero-order chi connectivity index (χ0) is 22.0. The van der Waals surface area contributed by atoms with Crippen molar-refractivity contribution in [2.45, 2.75) is 44.0 Å². The van der Waals surface area contributed by atoms with E-state index in [0.29, 0.717) is 34.7 Å². The van der Waals surface area contributed by atoms with Crippen molar-refractivity contribution in [2.24, 2.45) is 4.99 Å². The van der Waals surface area contributed by atoms with Gasteiger partial charge in [-0.05, 0) is 56.2 Å². The Bertz CT molecular complexity index is 1270. The molecular weight excluding hydrogens is 437 g/mol. The van der Waals surface area contributed by atoms with Gasteiger partial charge in [0.15, 0.2) is 4.80 Å². The van der Waals surface area contributed by atoms with E-state index in [1.54, 1.807) is 16.7 Å². The van der Waals surface area contributed by atoms with Crippen molar-refractivity contribution < 1.29 is 17.6 Å². The van der Waals surface area contributed by atoms with E-state index in [1.807, 2.05) is 6.92 Å². The molecule has 1 aliphatic rings. The zero-order valence-corrected chi connectivity index (χ0v) is 18.9. The summed E-state index contributed by atoms with van der Waals surface area (Å²) in [5, 5.41) is 0. The molecule has 1 fully saturated rings. The third-order valence-corrected chi connectivity index (χ3v) is 8.43. The van der Waals surface area contributed by atoms with Gasteiger partial charge in [0.25, 0.3) is 5.91 Å². The summed E-state index contributed by atoms with van der Waals surface area (Å²) in [7, 11) is -3.57. The first-order valence-electron chi connectivity index (χ1n) is 10.4. The van der Waals surface area contributed by atoms with E-state index < -0.39 is 15.9 Å². The number of rotatable bonds is 4. The second kappa shape index (κ2) is 9.02. The van der Waals surface area contributed by atoms with Crippen LogP contribution in [-0.4, -0.2) is 36.3 Å². The number of aromatic nitrogens is 1. The minimum absolute atomic E-state index is 0.179. The fourth-order valence-corrected chi connectivity index (χ4v) is 6.44. The first kappa shape index (κ1) is 21.9. The third kappa shape index (κ3) is 4.35. The molecule has 1 aromatic heterocycles. The van der Waals surface area contributed by atoms with Crippen molar-refractivity contribution in [3.63, 3.8) is 0 Å². The number of para-hydroxylation sites is 1. The molecule has 4 rings (SSSR count). The van der Waals surface area contributed by atoms with E-state index in [9.17, 15) is 17.6 Å². The standard InChI is InChI=1S/C22H24FN3O3S2/c1-2-26-20-18(23)8-7-9-19(20)30-22(26)24-21(27)16-10-12-17(13-11-16)31(28,29)25-14-5-3-4-6-15-25/h7-13H,2-6,14-15H2,1H3. The van der Waals surface area contributed by atoms with Crippen molar-refractivity contribution in [3.8, 4) is 0 Å². The maximum atomic E-state index is 14.2. The maximum Gasteiger partial charge on any atom is 0.279 e. The van der Waals surface area contributed by atoms with E-state index in [0.717, 1.165) is 25.7 Å². The van der Waals surface area contributed by atoms with Crippen molar-refractivity contribution in [2.75, 3.05) is 13.1 Å². The third-order valence-electron chi connectivity index (χ3n) is 5.47. The number of hydrogen-bond acceptors (Lipinski definition) is 4. The van der Waals surface area contributed by atoms with Crippen molar-refractivity contribution in [1.82, 2.24) is 8.87 Å². The number of benzene rings is 2. The predicted octanol–water partition coefficient (Wildman–Crippen LogP) is 4.17. The van der Waals surface area contributed by atoms with Gasteiger partial charge in [-0.25, -0.2) is 12.8 Å². The van der Waals surface area contributed by atoms with Crippen LogP contribution < -0.4 is 4.80 Å². The highest BCUT2D eigenvalue weighted by Gasteiger charge is 2.25. The van der Waals surface area contributed by atoms with Crippen LogP contribution >= 0.6 is 11.3 Å². The maximum absolute atomic E-state index is 14.2. The highest BCUT2D eigenvalue weighted by molar-refractivity contribution is 7.89. The molecule has 1 amide bonds. The Morgan fingerprint density at radius 3 is 2.39 bits per heavy atom. The molecule has 31 heavy (non-hydrogen) atoms. The molecule has 2 aromatic carbocycles. The van der Waals surface area contributed by atoms with Gasteiger partial charge in [0, 0.05) is 25.2 Å². The van der Waals surface area contributed by atoms with Crippen LogP contribution in [0.2, 0.25) is 0 Å². The number of fused-ring (bicyclic) bond motifs is 1. The van der Waals surface area contributed by atoms with Crippen LogP contribution in [0, 0.1) is 5.82 Å². The predicted molar refractivity (Wildman–Crippen MR) is 119 cm³/mol. The van der Waals surface area contributed by atoms with Crippen molar-refractivity contribution >= 4 is 37.5 Å². The van der Waals surface area contributed by atoms with Gasteiger partial charge in [-0.2, -0.15) is 9.30 Å². The zero-order valence-electron chi connectivity index (χ0n) is 17.3. The summed E-state index contributed by atoms with van der Waals surface area (Å²) in [6.07, 6.45) is 3.81. The van der Waals surface area contributed by atoms with Crippen molar-refractivity contribution in [3.05, 3.63) is 58.6 Å². The molecule has 0 unspecified atom stereocenters. The van der Waals surface area contributed by atoms with E-state index in [4.69, 9.17) is 0 Å². The van der Waals surface area contributed by atoms with E-state index in [1.165, 1.54) is 46.0 Å². The van der Waals surface area contributed by atoms with Crippen LogP contribution in [0.4, 0.5) is 4.39 Å². The average Bonchev–Trinajstić information content (AvgIpc) is 2.92. The van der Waals surface area contributed by atoms with Crippen LogP contribution in [0.1, 0.15) is 43.0 Å². The second-order valence-corrected chi connectivity index (χ2v) is 10.4. The Balaban J connectivity index is 1.64. The lowest BCUT2D eigenvalue weighted by molar-refractivity contribution is 0.0997. The smallest absolute Gasteiger partial charge is 0.279 e. The average molecular weight is 462 g/mol. The molecule has 1 saturated heterocycles. The molecule has 0 atom stereocenters. The number of amides is 1. The topological polar surface area (TPSA) is 71.7 Å². The van der Waals surface area contributed by atoms with Crippen LogP contribution in [0.25, 0.3) is 10.2 Å². The highest BCUT2D eigenvalue weighted by Crippen LogP contribution is 2.22. The van der Waals surface area contributed by atoms with E-state index in [-0.39, 0.29) is 16.3 Å². The molecule has 0 bridgehead atoms. The molecule has 0 saturated carbocycles. The van der Waals surface area contributed by atoms with Gasteiger partial charge in [-0.3, -0.25) is 4.79 Å². The number of nitrogens with zero attached hydrogens (tertiary/aromatic N) is 3. The lowest BCUT2D eigenvalue weighted by atomic mass is 10.2. The SMILES string of the molecule is CCn1c(=NC(=O)c2ccc(S(=O)(=O)N3CCCCCC3)cc2)sc2cccc(F)c21. The molecule has 3 aromatic rings. The summed E-state index contributed by atoms with van der Waals surface area (Å²) < 4.78 is 44.0. The first-order valence-corrected chi connectivity index (χ1v) is 12.6. The summed E-state index contributed by atoms with van der Waals surface area (Å²) in [6.45, 7) is 3.39. The van der Waals surface area contributed by atoms with Gasteiger partial charge in [0.05, 0.1) is 15.1 Å². The Hall–Kier alpha value is -2.36. The lowest BCUT2D eigenvalue weighted by Crippen LogP contribution is -2.31. The Kier molecular flexibility index (Phi) is 6.36. The fourth-order valence-electron chi connectivity index (χ4n) is 3.82. The fraction of sp³-hybridized carbons (Fsp3) is 0.364. The number of aryl methyl sites for hydroxylation is 1. The summed E-state index contributed by atoms with van der Waals surface area (Å²) in [5.41, 5.74) is 0.718. The summed E-state index contributed by atoms with van der Waals surface area (Å²) in [5.74, 6) is -0.847. The molecular formula is C22H24FN3O3S2. The summed E-state index contributed by atoms with van der Waals surface area (Å²) in [6, 6.07) is 10.7. The van der Waals surface area contributed by atoms with E-state index in [2.05, 4.69) is 4.99 Å². The molecule has 0 N–H and O–H groups in total. The van der Waals surface area contributed by atoms with Crippen LogP contribution in [0.3, 0.4) is 0 Å². The normalized spacial score (nSPS) is 16.5. The second-order valence-electron chi connectivity index (χ2n) is 7.48. The molecule has 0 radical (unpaired) electrons. The largest absolute Gasteiger partial charge is 0.314 e. The molecule has 0 spiro atoms. The number of hydrogen-bond donors (Lipinski definition) is 0. The number of sulfonamides is 1. The Morgan fingerprint density at radius 2 is 1.74 bits per heavy atom. The molecule has 6 nitrogen and oxygen atoms in total. The minimum atomic E-state index is -3.57. The number of halogens is 1. The van der Waals surface area contributed by atoms with Crippen molar-refractivity contribution in [1.29, 1.82) is 0 Å². The van der Waals surface area contributed by atoms with Gasteiger partial charge in [-0.15, -0.1) is 0 Å². The summed E-state index contributed by atoms with van der Waals surface area (Å²) >= 11 is 1.25. The quantitative estimate of drug-likeness (QED) is 0.586. The van der Waals surface area contributed by atoms with Gasteiger partial charge in [0.1, 0.15) is 5.82 Å². The molecule has 164 valence electrons. The lowest BCUT2D eigenvalue weighted by Gasteiger charge is -2.19. The van der Waals surface area contributed by atoms with Crippen LogP contribution in [0.15, 0.2) is 52.4 Å². The molecule has 9 heteroatoms. The van der Waals surface area contributed by atoms with Gasteiger partial charge in [-0.1, -0.05) is 30.2 Å². The Morgan fingerprint density at radius 1 is 1.06 bits per heavy atom. The monoisotopic (exact) mass is 461 g/mol. The molecule has 1 aliphatic heterocycles. The molecule has 0 aliphatic carbocycles. The minimum Gasteiger partial charge on any atom is -0.314 e. The number of thiazole rings is 1. The summed E-state index contributed by atoms with van der Waals surface area (Å²) in [4.78, 5) is 17.5. The van der Waals surface area contributed by atoms with Gasteiger partial charge < -0.3 is 4.57 Å². The molecule has 2 heterocycles. The van der Waals surface area contributed by atoms with Gasteiger partial charge >= 0.3 is 0 Å². The highest BCUT2D eigenvalue weighted by atomic mass is 32.2. The number of carbonyl (C=O) groups is 1. The number of carbonyl (C=O) groups excluding carboxylic acids is 1. The van der Waals surface area contributed by atoms with Gasteiger partial charge in [0.2, 0.25) is 10.0 Å². The van der Waals surface area contributed by atoms with E-state index >= 15 is 0 Å².